The summed E-state index contributed by atoms with van der Waals surface area (Å²) in [5, 5.41) is 0. The summed E-state index contributed by atoms with van der Waals surface area (Å²) in [6, 6.07) is 0. The average Bonchev–Trinajstić information content (AvgIpc) is 2.37. The van der Waals surface area contributed by atoms with Gasteiger partial charge in [0.1, 0.15) is 0 Å². The van der Waals surface area contributed by atoms with Gasteiger partial charge in [0.25, 0.3) is 0 Å². The van der Waals surface area contributed by atoms with Crippen LogP contribution in [-0.2, 0) is 0 Å². The summed E-state index contributed by atoms with van der Waals surface area (Å²) < 4.78 is 0. The van der Waals surface area contributed by atoms with Gasteiger partial charge < -0.3 is 4.90 Å². The van der Waals surface area contributed by atoms with E-state index in [1.165, 1.54) is 32.1 Å². The molecule has 0 N–H and O–H groups in total. The van der Waals surface area contributed by atoms with Crippen molar-refractivity contribution in [3.05, 3.63) is 0 Å². The highest BCUT2D eigenvalue weighted by molar-refractivity contribution is 5.13. The van der Waals surface area contributed by atoms with Crippen molar-refractivity contribution in [2.45, 2.75) is 76.2 Å². The lowest BCUT2D eigenvalue weighted by Crippen LogP contribution is -2.64. The fourth-order valence-electron chi connectivity index (χ4n) is 7.27. The summed E-state index contributed by atoms with van der Waals surface area (Å²) in [6.07, 6.45) is 16.9. The molecule has 5 aliphatic carbocycles. The monoisotopic (exact) mass is 261 g/mol. The second-order valence-corrected chi connectivity index (χ2v) is 8.68. The molecule has 0 saturated heterocycles. The smallest absolute Gasteiger partial charge is 0.0260 e. The average molecular weight is 261 g/mol. The second-order valence-electron chi connectivity index (χ2n) is 8.68. The maximum absolute atomic E-state index is 2.68. The molecule has 0 radical (unpaired) electrons. The van der Waals surface area contributed by atoms with Crippen molar-refractivity contribution in [3.8, 4) is 0 Å². The van der Waals surface area contributed by atoms with Crippen molar-refractivity contribution in [1.29, 1.82) is 0 Å². The van der Waals surface area contributed by atoms with E-state index in [4.69, 9.17) is 0 Å². The van der Waals surface area contributed by atoms with Crippen LogP contribution in [0.3, 0.4) is 0 Å². The highest BCUT2D eigenvalue weighted by Crippen LogP contribution is 2.66. The second kappa shape index (κ2) is 4.23. The van der Waals surface area contributed by atoms with Gasteiger partial charge in [-0.1, -0.05) is 19.3 Å². The summed E-state index contributed by atoms with van der Waals surface area (Å²) in [4.78, 5) is 2.68. The molecule has 0 aromatic heterocycles. The summed E-state index contributed by atoms with van der Waals surface area (Å²) in [6.45, 7) is 0. The Bertz CT molecular complexity index is 315. The molecule has 5 rings (SSSR count). The van der Waals surface area contributed by atoms with Crippen LogP contribution in [0.15, 0.2) is 0 Å². The zero-order valence-electron chi connectivity index (χ0n) is 13.0. The highest BCUT2D eigenvalue weighted by Gasteiger charge is 2.60. The molecule has 1 heteroatoms. The van der Waals surface area contributed by atoms with E-state index in [-0.39, 0.29) is 0 Å². The molecule has 5 fully saturated rings. The molecule has 0 amide bonds. The fraction of sp³-hybridized carbons (Fsp3) is 1.00. The molecular formula is C18H31N. The van der Waals surface area contributed by atoms with E-state index in [0.717, 1.165) is 17.8 Å². The third-order valence-corrected chi connectivity index (χ3v) is 7.56. The van der Waals surface area contributed by atoms with Crippen LogP contribution in [0.4, 0.5) is 0 Å². The van der Waals surface area contributed by atoms with E-state index in [0.29, 0.717) is 11.0 Å². The molecule has 0 aromatic carbocycles. The first-order valence-electron chi connectivity index (χ1n) is 8.81. The number of hydrogen-bond donors (Lipinski definition) is 0. The quantitative estimate of drug-likeness (QED) is 0.709. The SMILES string of the molecule is CN(C)C1(C23CC4CC(CC(C4)C2)C3)CCCCC1. The molecular weight excluding hydrogens is 230 g/mol. The molecule has 0 heterocycles. The minimum Gasteiger partial charge on any atom is -0.303 e. The fourth-order valence-corrected chi connectivity index (χ4v) is 7.27. The summed E-state index contributed by atoms with van der Waals surface area (Å²) in [7, 11) is 4.79. The van der Waals surface area contributed by atoms with Crippen molar-refractivity contribution < 1.29 is 0 Å². The molecule has 4 bridgehead atoms. The van der Waals surface area contributed by atoms with E-state index in [1.807, 2.05) is 0 Å². The Kier molecular flexibility index (Phi) is 2.82. The summed E-state index contributed by atoms with van der Waals surface area (Å²) >= 11 is 0. The number of hydrogen-bond acceptors (Lipinski definition) is 1. The highest BCUT2D eigenvalue weighted by atomic mass is 15.2. The Labute approximate surface area is 119 Å². The van der Waals surface area contributed by atoms with Crippen LogP contribution in [0.25, 0.3) is 0 Å². The molecule has 19 heavy (non-hydrogen) atoms. The number of nitrogens with zero attached hydrogens (tertiary/aromatic N) is 1. The van der Waals surface area contributed by atoms with Crippen molar-refractivity contribution in [1.82, 2.24) is 4.90 Å². The maximum atomic E-state index is 2.68. The molecule has 0 unspecified atom stereocenters. The molecule has 0 atom stereocenters. The van der Waals surface area contributed by atoms with E-state index < -0.39 is 0 Å². The first-order chi connectivity index (χ1) is 9.14. The van der Waals surface area contributed by atoms with Gasteiger partial charge in [0, 0.05) is 5.54 Å². The van der Waals surface area contributed by atoms with Crippen molar-refractivity contribution >= 4 is 0 Å². The van der Waals surface area contributed by atoms with Crippen LogP contribution >= 0.6 is 0 Å². The van der Waals surface area contributed by atoms with Gasteiger partial charge in [-0.15, -0.1) is 0 Å². The van der Waals surface area contributed by atoms with Crippen molar-refractivity contribution in [3.63, 3.8) is 0 Å². The van der Waals surface area contributed by atoms with Crippen molar-refractivity contribution in [2.24, 2.45) is 23.2 Å². The normalized spacial score (nSPS) is 47.8. The maximum Gasteiger partial charge on any atom is 0.0260 e. The zero-order valence-corrected chi connectivity index (χ0v) is 13.0. The molecule has 0 spiro atoms. The van der Waals surface area contributed by atoms with Crippen LogP contribution in [0.5, 0.6) is 0 Å². The Balaban J connectivity index is 1.72. The van der Waals surface area contributed by atoms with Gasteiger partial charge in [-0.25, -0.2) is 0 Å². The van der Waals surface area contributed by atoms with Gasteiger partial charge in [-0.3, -0.25) is 0 Å². The van der Waals surface area contributed by atoms with Gasteiger partial charge in [-0.05, 0) is 88.6 Å². The predicted molar refractivity (Wildman–Crippen MR) is 80.1 cm³/mol. The minimum absolute atomic E-state index is 0.571. The van der Waals surface area contributed by atoms with Crippen LogP contribution in [0.2, 0.25) is 0 Å². The minimum atomic E-state index is 0.571. The Morgan fingerprint density at radius 2 is 1.21 bits per heavy atom. The Morgan fingerprint density at radius 3 is 1.63 bits per heavy atom. The van der Waals surface area contributed by atoms with Gasteiger partial charge in [0.05, 0.1) is 0 Å². The van der Waals surface area contributed by atoms with Crippen molar-refractivity contribution in [2.75, 3.05) is 14.1 Å². The van der Waals surface area contributed by atoms with Gasteiger partial charge in [-0.2, -0.15) is 0 Å². The first-order valence-corrected chi connectivity index (χ1v) is 8.81. The van der Waals surface area contributed by atoms with E-state index in [1.54, 1.807) is 38.5 Å². The van der Waals surface area contributed by atoms with Crippen LogP contribution < -0.4 is 0 Å². The zero-order chi connectivity index (χ0) is 13.1. The standard InChI is InChI=1S/C18H31N/c1-19(2)18(6-4-3-5-7-18)17-11-14-8-15(12-17)10-16(9-14)13-17/h14-16H,3-13H2,1-2H3. The molecule has 1 nitrogen and oxygen atoms in total. The summed E-state index contributed by atoms with van der Waals surface area (Å²) in [5.41, 5.74) is 1.28. The Hall–Kier alpha value is -0.0400. The number of rotatable bonds is 2. The summed E-state index contributed by atoms with van der Waals surface area (Å²) in [5.74, 6) is 3.31. The van der Waals surface area contributed by atoms with E-state index in [9.17, 15) is 0 Å². The lowest BCUT2D eigenvalue weighted by atomic mass is 9.43. The van der Waals surface area contributed by atoms with E-state index >= 15 is 0 Å². The third-order valence-electron chi connectivity index (χ3n) is 7.56. The molecule has 108 valence electrons. The topological polar surface area (TPSA) is 3.24 Å². The lowest BCUT2D eigenvalue weighted by molar-refractivity contribution is -0.151. The molecule has 5 aliphatic rings. The van der Waals surface area contributed by atoms with Gasteiger partial charge in [0.2, 0.25) is 0 Å². The van der Waals surface area contributed by atoms with Crippen LogP contribution in [0.1, 0.15) is 70.6 Å². The first kappa shape index (κ1) is 12.7. The van der Waals surface area contributed by atoms with Gasteiger partial charge in [0.15, 0.2) is 0 Å². The molecule has 0 aromatic rings. The van der Waals surface area contributed by atoms with Gasteiger partial charge >= 0.3 is 0 Å². The Morgan fingerprint density at radius 1 is 0.737 bits per heavy atom. The largest absolute Gasteiger partial charge is 0.303 e. The van der Waals surface area contributed by atoms with E-state index in [2.05, 4.69) is 19.0 Å². The predicted octanol–water partition coefficient (Wildman–Crippen LogP) is 4.47. The van der Waals surface area contributed by atoms with Crippen LogP contribution in [-0.4, -0.2) is 24.5 Å². The molecule has 0 aliphatic heterocycles. The lowest BCUT2D eigenvalue weighted by Gasteiger charge is -2.66. The third kappa shape index (κ3) is 1.69. The van der Waals surface area contributed by atoms with Crippen LogP contribution in [0, 0.1) is 23.2 Å². The molecule has 5 saturated carbocycles.